The van der Waals surface area contributed by atoms with Gasteiger partial charge in [-0.25, -0.2) is 0 Å². The van der Waals surface area contributed by atoms with Gasteiger partial charge >= 0.3 is 0 Å². The smallest absolute Gasteiger partial charge is 0.261 e. The van der Waals surface area contributed by atoms with Crippen molar-refractivity contribution in [2.24, 2.45) is 0 Å². The van der Waals surface area contributed by atoms with E-state index in [0.717, 1.165) is 9.99 Å². The summed E-state index contributed by atoms with van der Waals surface area (Å²) in [4.78, 5) is 18.9. The lowest BCUT2D eigenvalue weighted by Crippen LogP contribution is -2.40. The number of ether oxygens (including phenoxy) is 1. The SMILES string of the molecule is CC[C@H](C)N(Cc1nc(-c2ccc(Cl)cc2Cl)no1)C(=O)COc1ccc(I)cc1. The molecule has 0 bridgehead atoms. The molecule has 158 valence electrons. The van der Waals surface area contributed by atoms with Crippen molar-refractivity contribution in [1.29, 1.82) is 0 Å². The number of amides is 1. The van der Waals surface area contributed by atoms with Crippen LogP contribution in [-0.2, 0) is 11.3 Å². The summed E-state index contributed by atoms with van der Waals surface area (Å²) in [6, 6.07) is 12.6. The van der Waals surface area contributed by atoms with Crippen LogP contribution in [0.2, 0.25) is 10.0 Å². The Bertz CT molecular complexity index is 1010. The Morgan fingerprint density at radius 3 is 2.63 bits per heavy atom. The lowest BCUT2D eigenvalue weighted by atomic mass is 10.2. The lowest BCUT2D eigenvalue weighted by Gasteiger charge is -2.27. The molecular formula is C21H20Cl2IN3O3. The summed E-state index contributed by atoms with van der Waals surface area (Å²) < 4.78 is 12.1. The van der Waals surface area contributed by atoms with Gasteiger partial charge in [0.25, 0.3) is 5.91 Å². The van der Waals surface area contributed by atoms with E-state index in [4.69, 9.17) is 32.5 Å². The summed E-state index contributed by atoms with van der Waals surface area (Å²) in [7, 11) is 0. The van der Waals surface area contributed by atoms with Gasteiger partial charge in [0, 0.05) is 20.2 Å². The first kappa shape index (κ1) is 22.8. The minimum Gasteiger partial charge on any atom is -0.484 e. The van der Waals surface area contributed by atoms with Gasteiger partial charge in [-0.1, -0.05) is 35.3 Å². The van der Waals surface area contributed by atoms with Crippen molar-refractivity contribution < 1.29 is 14.1 Å². The molecule has 1 amide bonds. The molecule has 0 saturated heterocycles. The molecule has 6 nitrogen and oxygen atoms in total. The highest BCUT2D eigenvalue weighted by Crippen LogP contribution is 2.28. The maximum Gasteiger partial charge on any atom is 0.261 e. The monoisotopic (exact) mass is 559 g/mol. The normalized spacial score (nSPS) is 11.9. The zero-order chi connectivity index (χ0) is 21.7. The second-order valence-corrected chi connectivity index (χ2v) is 8.75. The van der Waals surface area contributed by atoms with Gasteiger partial charge in [-0.15, -0.1) is 0 Å². The molecule has 30 heavy (non-hydrogen) atoms. The number of benzene rings is 2. The van der Waals surface area contributed by atoms with Gasteiger partial charge < -0.3 is 14.2 Å². The quantitative estimate of drug-likeness (QED) is 0.324. The van der Waals surface area contributed by atoms with Gasteiger partial charge in [-0.05, 0) is 78.4 Å². The summed E-state index contributed by atoms with van der Waals surface area (Å²) in [6.07, 6.45) is 0.777. The molecular weight excluding hydrogens is 540 g/mol. The van der Waals surface area contributed by atoms with E-state index in [1.54, 1.807) is 23.1 Å². The van der Waals surface area contributed by atoms with Crippen molar-refractivity contribution in [1.82, 2.24) is 15.0 Å². The van der Waals surface area contributed by atoms with Crippen molar-refractivity contribution in [3.05, 3.63) is 62.0 Å². The zero-order valence-electron chi connectivity index (χ0n) is 16.4. The molecule has 0 radical (unpaired) electrons. The number of hydrogen-bond acceptors (Lipinski definition) is 5. The van der Waals surface area contributed by atoms with Gasteiger partial charge in [-0.3, -0.25) is 4.79 Å². The van der Waals surface area contributed by atoms with Crippen LogP contribution in [0.15, 0.2) is 47.0 Å². The van der Waals surface area contributed by atoms with Crippen LogP contribution < -0.4 is 4.74 Å². The van der Waals surface area contributed by atoms with Crippen molar-refractivity contribution >= 4 is 51.7 Å². The van der Waals surface area contributed by atoms with E-state index in [2.05, 4.69) is 32.7 Å². The second-order valence-electron chi connectivity index (χ2n) is 6.66. The van der Waals surface area contributed by atoms with Crippen LogP contribution in [0.25, 0.3) is 11.4 Å². The van der Waals surface area contributed by atoms with Crippen LogP contribution in [0.3, 0.4) is 0 Å². The van der Waals surface area contributed by atoms with Gasteiger partial charge in [0.1, 0.15) is 12.3 Å². The maximum absolute atomic E-state index is 12.8. The number of halogens is 3. The topological polar surface area (TPSA) is 68.5 Å². The van der Waals surface area contributed by atoms with E-state index in [1.165, 1.54) is 0 Å². The molecule has 3 aromatic rings. The predicted octanol–water partition coefficient (Wildman–Crippen LogP) is 5.85. The molecule has 0 aliphatic carbocycles. The predicted molar refractivity (Wildman–Crippen MR) is 125 cm³/mol. The fraction of sp³-hybridized carbons (Fsp3) is 0.286. The van der Waals surface area contributed by atoms with Crippen LogP contribution in [0.5, 0.6) is 5.75 Å². The van der Waals surface area contributed by atoms with E-state index < -0.39 is 0 Å². The Labute approximate surface area is 198 Å². The highest BCUT2D eigenvalue weighted by molar-refractivity contribution is 14.1. The lowest BCUT2D eigenvalue weighted by molar-refractivity contribution is -0.136. The van der Waals surface area contributed by atoms with Crippen LogP contribution in [0, 0.1) is 3.57 Å². The largest absolute Gasteiger partial charge is 0.484 e. The average molecular weight is 560 g/mol. The number of rotatable bonds is 8. The Morgan fingerprint density at radius 2 is 1.97 bits per heavy atom. The molecule has 2 aromatic carbocycles. The number of aromatic nitrogens is 2. The first-order valence-corrected chi connectivity index (χ1v) is 11.2. The van der Waals surface area contributed by atoms with Crippen molar-refractivity contribution in [2.75, 3.05) is 6.61 Å². The highest BCUT2D eigenvalue weighted by atomic mass is 127. The fourth-order valence-electron chi connectivity index (χ4n) is 2.71. The van der Waals surface area contributed by atoms with Gasteiger partial charge in [0.15, 0.2) is 6.61 Å². The van der Waals surface area contributed by atoms with E-state index >= 15 is 0 Å². The summed E-state index contributed by atoms with van der Waals surface area (Å²) in [6.45, 7) is 4.09. The van der Waals surface area contributed by atoms with Crippen LogP contribution in [0.4, 0.5) is 0 Å². The number of carbonyl (C=O) groups is 1. The van der Waals surface area contributed by atoms with Crippen LogP contribution in [0.1, 0.15) is 26.2 Å². The third-order valence-electron chi connectivity index (χ3n) is 4.56. The average Bonchev–Trinajstić information content (AvgIpc) is 3.19. The Balaban J connectivity index is 1.71. The minimum atomic E-state index is -0.160. The van der Waals surface area contributed by atoms with Crippen LogP contribution >= 0.6 is 45.8 Å². The van der Waals surface area contributed by atoms with Crippen molar-refractivity contribution in [3.63, 3.8) is 0 Å². The Hall–Kier alpha value is -1.84. The molecule has 0 N–H and O–H groups in total. The molecule has 0 aliphatic rings. The zero-order valence-corrected chi connectivity index (χ0v) is 20.1. The van der Waals surface area contributed by atoms with Gasteiger partial charge in [-0.2, -0.15) is 4.98 Å². The summed E-state index contributed by atoms with van der Waals surface area (Å²) in [5, 5.41) is 4.94. The van der Waals surface area contributed by atoms with Crippen molar-refractivity contribution in [2.45, 2.75) is 32.9 Å². The molecule has 0 unspecified atom stereocenters. The molecule has 0 aliphatic heterocycles. The summed E-state index contributed by atoms with van der Waals surface area (Å²) in [5.41, 5.74) is 0.611. The molecule has 3 rings (SSSR count). The molecule has 9 heteroatoms. The van der Waals surface area contributed by atoms with Gasteiger partial charge in [0.2, 0.25) is 11.7 Å². The van der Waals surface area contributed by atoms with E-state index in [1.807, 2.05) is 38.1 Å². The third-order valence-corrected chi connectivity index (χ3v) is 5.83. The van der Waals surface area contributed by atoms with Gasteiger partial charge in [0.05, 0.1) is 5.02 Å². The second kappa shape index (κ2) is 10.5. The van der Waals surface area contributed by atoms with E-state index in [0.29, 0.717) is 33.1 Å². The molecule has 1 heterocycles. The fourth-order valence-corrected chi connectivity index (χ4v) is 3.57. The third kappa shape index (κ3) is 5.86. The number of carbonyl (C=O) groups excluding carboxylic acids is 1. The first-order chi connectivity index (χ1) is 14.4. The number of nitrogens with zero attached hydrogens (tertiary/aromatic N) is 3. The molecule has 1 atom stereocenters. The highest BCUT2D eigenvalue weighted by Gasteiger charge is 2.23. The summed E-state index contributed by atoms with van der Waals surface area (Å²) >= 11 is 14.4. The number of hydrogen-bond donors (Lipinski definition) is 0. The molecule has 0 saturated carbocycles. The van der Waals surface area contributed by atoms with E-state index in [-0.39, 0.29) is 25.1 Å². The Kier molecular flexibility index (Phi) is 7.96. The Morgan fingerprint density at radius 1 is 1.23 bits per heavy atom. The van der Waals surface area contributed by atoms with E-state index in [9.17, 15) is 4.79 Å². The van der Waals surface area contributed by atoms with Crippen molar-refractivity contribution in [3.8, 4) is 17.1 Å². The molecule has 1 aromatic heterocycles. The van der Waals surface area contributed by atoms with Crippen LogP contribution in [-0.4, -0.2) is 33.6 Å². The molecule has 0 fully saturated rings. The first-order valence-electron chi connectivity index (χ1n) is 9.33. The standard InChI is InChI=1S/C21H20Cl2IN3O3/c1-3-13(2)27(20(28)12-29-16-7-5-15(24)6-8-16)11-19-25-21(26-30-19)17-9-4-14(22)10-18(17)23/h4-10,13H,3,11-12H2,1-2H3/t13-/m0/s1. The molecule has 0 spiro atoms. The maximum atomic E-state index is 12.8. The summed E-state index contributed by atoms with van der Waals surface area (Å²) in [5.74, 6) is 1.15. The minimum absolute atomic E-state index is 0.0210.